The number of nitrogens with zero attached hydrogens (tertiary/aromatic N) is 2. The minimum absolute atomic E-state index is 0.297. The summed E-state index contributed by atoms with van der Waals surface area (Å²) in [5.74, 6) is 0.0673. The first-order chi connectivity index (χ1) is 13.0. The summed E-state index contributed by atoms with van der Waals surface area (Å²) in [5, 5.41) is 3.19. The van der Waals surface area contributed by atoms with E-state index in [4.69, 9.17) is 0 Å². The van der Waals surface area contributed by atoms with Gasteiger partial charge in [0.25, 0.3) is 0 Å². The monoisotopic (exact) mass is 371 g/mol. The van der Waals surface area contributed by atoms with Gasteiger partial charge in [-0.1, -0.05) is 42.5 Å². The van der Waals surface area contributed by atoms with Gasteiger partial charge in [-0.25, -0.2) is 4.98 Å². The molecule has 4 nitrogen and oxygen atoms in total. The van der Waals surface area contributed by atoms with Crippen molar-refractivity contribution in [1.82, 2.24) is 9.55 Å². The first kappa shape index (κ1) is 17.3. The molecule has 4 rings (SSSR count). The van der Waals surface area contributed by atoms with Crippen molar-refractivity contribution in [2.45, 2.75) is 18.3 Å². The number of carbonyl (C=O) groups is 1. The highest BCUT2D eigenvalue weighted by Gasteiger charge is 2.39. The molecular formula is C20H16F3N3O. The minimum Gasteiger partial charge on any atom is -0.348 e. The van der Waals surface area contributed by atoms with E-state index in [-0.39, 0.29) is 6.04 Å². The number of halogens is 3. The predicted molar refractivity (Wildman–Crippen MR) is 94.2 cm³/mol. The molecule has 2 heterocycles. The number of fused-ring (bicyclic) bond motifs is 1. The van der Waals surface area contributed by atoms with Crippen molar-refractivity contribution < 1.29 is 18.0 Å². The van der Waals surface area contributed by atoms with Gasteiger partial charge in [0.05, 0.1) is 23.6 Å². The molecule has 0 fully saturated rings. The third kappa shape index (κ3) is 3.09. The van der Waals surface area contributed by atoms with E-state index in [1.807, 2.05) is 34.9 Å². The highest BCUT2D eigenvalue weighted by molar-refractivity contribution is 5.62. The van der Waals surface area contributed by atoms with Crippen LogP contribution < -0.4 is 5.32 Å². The maximum absolute atomic E-state index is 12.9. The van der Waals surface area contributed by atoms with Crippen molar-refractivity contribution in [2.75, 3.05) is 5.32 Å². The average Bonchev–Trinajstić information content (AvgIpc) is 3.14. The fraction of sp³-hybridized carbons (Fsp3) is 0.200. The summed E-state index contributed by atoms with van der Waals surface area (Å²) in [5.41, 5.74) is 0.827. The van der Waals surface area contributed by atoms with Crippen LogP contribution >= 0.6 is 0 Å². The first-order valence-electron chi connectivity index (χ1n) is 8.46. The minimum atomic E-state index is -4.40. The second-order valence-electron chi connectivity index (χ2n) is 6.47. The standard InChI is InChI=1S/C20H16F3N3O/c21-20(22,23)15-8-6-13(7-9-15)17-16(12-27)18(14-4-2-1-3-5-14)26-11-10-24-19(26)25-17/h1-12,16-18H,(H,24,25)/t16-,17-,18+/m0/s1. The zero-order valence-corrected chi connectivity index (χ0v) is 14.1. The van der Waals surface area contributed by atoms with E-state index < -0.39 is 23.7 Å². The van der Waals surface area contributed by atoms with Gasteiger partial charge in [-0.15, -0.1) is 0 Å². The Kier molecular flexibility index (Phi) is 4.22. The summed E-state index contributed by atoms with van der Waals surface area (Å²) in [6, 6.07) is 13.7. The molecule has 1 aliphatic rings. The first-order valence-corrected chi connectivity index (χ1v) is 8.46. The Morgan fingerprint density at radius 3 is 2.33 bits per heavy atom. The number of aldehydes is 1. The van der Waals surface area contributed by atoms with Gasteiger partial charge in [-0.2, -0.15) is 13.2 Å². The van der Waals surface area contributed by atoms with E-state index in [2.05, 4.69) is 10.3 Å². The number of alkyl halides is 3. The molecule has 0 saturated heterocycles. The van der Waals surface area contributed by atoms with Crippen molar-refractivity contribution in [1.29, 1.82) is 0 Å². The molecule has 138 valence electrons. The SMILES string of the molecule is O=C[C@@H]1[C@@H](c2ccccc2)n2ccnc2N[C@H]1c1ccc(C(F)(F)F)cc1. The molecule has 0 amide bonds. The Bertz CT molecular complexity index is 935. The van der Waals surface area contributed by atoms with Crippen molar-refractivity contribution in [3.8, 4) is 0 Å². The maximum Gasteiger partial charge on any atom is 0.416 e. The van der Waals surface area contributed by atoms with E-state index in [1.165, 1.54) is 12.1 Å². The summed E-state index contributed by atoms with van der Waals surface area (Å²) in [7, 11) is 0. The number of hydrogen-bond acceptors (Lipinski definition) is 3. The van der Waals surface area contributed by atoms with Crippen LogP contribution in [0, 0.1) is 5.92 Å². The van der Waals surface area contributed by atoms with E-state index >= 15 is 0 Å². The molecule has 0 unspecified atom stereocenters. The third-order valence-electron chi connectivity index (χ3n) is 4.90. The van der Waals surface area contributed by atoms with Crippen LogP contribution in [-0.4, -0.2) is 15.8 Å². The molecule has 3 atom stereocenters. The van der Waals surface area contributed by atoms with Crippen LogP contribution in [0.25, 0.3) is 0 Å². The van der Waals surface area contributed by atoms with Gasteiger partial charge < -0.3 is 14.7 Å². The molecular weight excluding hydrogens is 355 g/mol. The molecule has 2 aromatic carbocycles. The molecule has 3 aromatic rings. The number of nitrogens with one attached hydrogen (secondary N) is 1. The van der Waals surface area contributed by atoms with Crippen LogP contribution in [0.4, 0.5) is 19.1 Å². The van der Waals surface area contributed by atoms with Gasteiger partial charge >= 0.3 is 6.18 Å². The number of hydrogen-bond donors (Lipinski definition) is 1. The van der Waals surface area contributed by atoms with Gasteiger partial charge in [0, 0.05) is 12.4 Å². The molecule has 0 saturated carbocycles. The lowest BCUT2D eigenvalue weighted by atomic mass is 9.83. The van der Waals surface area contributed by atoms with Crippen molar-refractivity contribution >= 4 is 12.2 Å². The number of carbonyl (C=O) groups excluding carboxylic acids is 1. The zero-order valence-electron chi connectivity index (χ0n) is 14.1. The molecule has 0 aliphatic carbocycles. The largest absolute Gasteiger partial charge is 0.416 e. The Balaban J connectivity index is 1.77. The fourth-order valence-corrected chi connectivity index (χ4v) is 3.62. The molecule has 0 bridgehead atoms. The Morgan fingerprint density at radius 1 is 1.00 bits per heavy atom. The van der Waals surface area contributed by atoms with Gasteiger partial charge in [0.1, 0.15) is 6.29 Å². The highest BCUT2D eigenvalue weighted by atomic mass is 19.4. The summed E-state index contributed by atoms with van der Waals surface area (Å²) in [6.45, 7) is 0. The molecule has 1 aromatic heterocycles. The fourth-order valence-electron chi connectivity index (χ4n) is 3.62. The van der Waals surface area contributed by atoms with Gasteiger partial charge in [0.15, 0.2) is 0 Å². The Hall–Kier alpha value is -3.09. The maximum atomic E-state index is 12.9. The molecule has 0 radical (unpaired) electrons. The number of rotatable bonds is 3. The molecule has 0 spiro atoms. The van der Waals surface area contributed by atoms with Crippen molar-refractivity contribution in [3.05, 3.63) is 83.7 Å². The van der Waals surface area contributed by atoms with Gasteiger partial charge in [-0.3, -0.25) is 0 Å². The summed E-state index contributed by atoms with van der Waals surface area (Å²) < 4.78 is 40.5. The third-order valence-corrected chi connectivity index (χ3v) is 4.90. The van der Waals surface area contributed by atoms with E-state index in [9.17, 15) is 18.0 Å². The average molecular weight is 371 g/mol. The van der Waals surface area contributed by atoms with Crippen LogP contribution in [0.2, 0.25) is 0 Å². The lowest BCUT2D eigenvalue weighted by molar-refractivity contribution is -0.137. The van der Waals surface area contributed by atoms with Crippen LogP contribution in [-0.2, 0) is 11.0 Å². The molecule has 7 heteroatoms. The highest BCUT2D eigenvalue weighted by Crippen LogP contribution is 2.42. The number of benzene rings is 2. The Labute approximate surface area is 153 Å². The van der Waals surface area contributed by atoms with Gasteiger partial charge in [0.2, 0.25) is 5.95 Å². The van der Waals surface area contributed by atoms with E-state index in [1.54, 1.807) is 12.4 Å². The topological polar surface area (TPSA) is 46.9 Å². The summed E-state index contributed by atoms with van der Waals surface area (Å²) >= 11 is 0. The summed E-state index contributed by atoms with van der Waals surface area (Å²) in [6.07, 6.45) is -0.115. The van der Waals surface area contributed by atoms with Crippen LogP contribution in [0.5, 0.6) is 0 Å². The smallest absolute Gasteiger partial charge is 0.348 e. The lowest BCUT2D eigenvalue weighted by Gasteiger charge is -2.38. The number of anilines is 1. The molecule has 1 aliphatic heterocycles. The van der Waals surface area contributed by atoms with E-state index in [0.717, 1.165) is 24.0 Å². The number of aromatic nitrogens is 2. The molecule has 27 heavy (non-hydrogen) atoms. The second-order valence-corrected chi connectivity index (χ2v) is 6.47. The summed E-state index contributed by atoms with van der Waals surface area (Å²) in [4.78, 5) is 16.3. The van der Waals surface area contributed by atoms with Crippen LogP contribution in [0.1, 0.15) is 28.8 Å². The van der Waals surface area contributed by atoms with Crippen molar-refractivity contribution in [3.63, 3.8) is 0 Å². The van der Waals surface area contributed by atoms with Crippen LogP contribution in [0.15, 0.2) is 67.0 Å². The van der Waals surface area contributed by atoms with Crippen LogP contribution in [0.3, 0.4) is 0 Å². The predicted octanol–water partition coefficient (Wildman–Crippen LogP) is 4.47. The lowest BCUT2D eigenvalue weighted by Crippen LogP contribution is -2.37. The van der Waals surface area contributed by atoms with Gasteiger partial charge in [-0.05, 0) is 23.3 Å². The van der Waals surface area contributed by atoms with E-state index in [0.29, 0.717) is 11.5 Å². The van der Waals surface area contributed by atoms with Crippen molar-refractivity contribution in [2.24, 2.45) is 5.92 Å². The quantitative estimate of drug-likeness (QED) is 0.691. The normalized spacial score (nSPS) is 22.0. The second kappa shape index (κ2) is 6.57. The zero-order chi connectivity index (χ0) is 19.0. The molecule has 1 N–H and O–H groups in total. The number of imidazole rings is 1. The Morgan fingerprint density at radius 2 is 1.70 bits per heavy atom.